The van der Waals surface area contributed by atoms with Gasteiger partial charge in [0, 0.05) is 12.5 Å². The van der Waals surface area contributed by atoms with E-state index in [0.717, 1.165) is 24.2 Å². The first kappa shape index (κ1) is 9.08. The second kappa shape index (κ2) is 3.71. The fourth-order valence-corrected chi connectivity index (χ4v) is 1.30. The molecule has 74 valence electrons. The van der Waals surface area contributed by atoms with E-state index in [1.165, 1.54) is 6.33 Å². The maximum atomic E-state index is 5.83. The topological polar surface area (TPSA) is 80.5 Å². The minimum Gasteiger partial charge on any atom is -0.339 e. The van der Waals surface area contributed by atoms with Gasteiger partial charge in [-0.15, -0.1) is 0 Å². The second-order valence-electron chi connectivity index (χ2n) is 3.32. The van der Waals surface area contributed by atoms with Gasteiger partial charge in [-0.2, -0.15) is 0 Å². The maximum absolute atomic E-state index is 5.83. The lowest BCUT2D eigenvalue weighted by Crippen LogP contribution is -2.21. The lowest BCUT2D eigenvalue weighted by molar-refractivity contribution is 0.630. The van der Waals surface area contributed by atoms with E-state index >= 15 is 0 Å². The van der Waals surface area contributed by atoms with Crippen molar-refractivity contribution in [3.63, 3.8) is 0 Å². The van der Waals surface area contributed by atoms with Crippen molar-refractivity contribution in [2.75, 3.05) is 0 Å². The normalized spacial score (nSPS) is 13.3. The molecule has 0 aromatic carbocycles. The average Bonchev–Trinajstić information content (AvgIpc) is 2.59. The van der Waals surface area contributed by atoms with Gasteiger partial charge in [-0.05, 0) is 6.42 Å². The van der Waals surface area contributed by atoms with E-state index in [1.807, 2.05) is 0 Å². The Morgan fingerprint density at radius 1 is 1.57 bits per heavy atom. The number of rotatable bonds is 3. The van der Waals surface area contributed by atoms with Crippen molar-refractivity contribution < 1.29 is 0 Å². The molecule has 0 spiro atoms. The van der Waals surface area contributed by atoms with Crippen LogP contribution in [0.4, 0.5) is 0 Å². The molecule has 0 aliphatic heterocycles. The molecule has 2 aromatic heterocycles. The molecule has 1 unspecified atom stereocenters. The summed E-state index contributed by atoms with van der Waals surface area (Å²) in [7, 11) is 0. The molecule has 0 saturated carbocycles. The van der Waals surface area contributed by atoms with E-state index in [4.69, 9.17) is 5.73 Å². The first-order valence-corrected chi connectivity index (χ1v) is 4.69. The van der Waals surface area contributed by atoms with E-state index in [9.17, 15) is 0 Å². The number of nitrogens with one attached hydrogen (secondary N) is 1. The predicted octanol–water partition coefficient (Wildman–Crippen LogP) is 0.633. The van der Waals surface area contributed by atoms with Gasteiger partial charge >= 0.3 is 0 Å². The van der Waals surface area contributed by atoms with E-state index in [1.54, 1.807) is 6.20 Å². The zero-order valence-electron chi connectivity index (χ0n) is 8.07. The fraction of sp³-hybridized carbons (Fsp3) is 0.444. The third-order valence-corrected chi connectivity index (χ3v) is 2.19. The molecule has 0 aliphatic rings. The molecular weight excluding hydrogens is 178 g/mol. The summed E-state index contributed by atoms with van der Waals surface area (Å²) in [5.41, 5.74) is 7.40. The van der Waals surface area contributed by atoms with Crippen LogP contribution in [0.15, 0.2) is 12.5 Å². The van der Waals surface area contributed by atoms with Gasteiger partial charge in [-0.25, -0.2) is 15.0 Å². The summed E-state index contributed by atoms with van der Waals surface area (Å²) in [5, 5.41) is 0. The molecule has 2 aromatic rings. The van der Waals surface area contributed by atoms with E-state index in [0.29, 0.717) is 5.65 Å². The van der Waals surface area contributed by atoms with Crippen LogP contribution in [0.1, 0.15) is 19.2 Å². The van der Waals surface area contributed by atoms with Gasteiger partial charge in [0.1, 0.15) is 17.7 Å². The fourth-order valence-electron chi connectivity index (χ4n) is 1.30. The molecule has 5 nitrogen and oxygen atoms in total. The van der Waals surface area contributed by atoms with Crippen LogP contribution in [0.25, 0.3) is 11.2 Å². The Balaban J connectivity index is 2.27. The number of fused-ring (bicyclic) bond motifs is 1. The van der Waals surface area contributed by atoms with Crippen LogP contribution < -0.4 is 5.73 Å². The molecule has 3 N–H and O–H groups in total. The van der Waals surface area contributed by atoms with Crippen molar-refractivity contribution in [2.24, 2.45) is 5.73 Å². The van der Waals surface area contributed by atoms with Crippen molar-refractivity contribution in [3.05, 3.63) is 18.3 Å². The number of aromatic amines is 1. The summed E-state index contributed by atoms with van der Waals surface area (Å²) in [6.07, 6.45) is 4.92. The molecule has 0 saturated heterocycles. The van der Waals surface area contributed by atoms with Gasteiger partial charge in [0.15, 0.2) is 5.65 Å². The number of nitrogens with zero attached hydrogens (tertiary/aromatic N) is 3. The molecule has 2 rings (SSSR count). The molecule has 0 fully saturated rings. The highest BCUT2D eigenvalue weighted by molar-refractivity contribution is 5.68. The number of imidazole rings is 1. The number of aromatic nitrogens is 4. The minimum absolute atomic E-state index is 0.156. The Kier molecular flexibility index (Phi) is 2.41. The van der Waals surface area contributed by atoms with Gasteiger partial charge in [0.05, 0.1) is 6.20 Å². The van der Waals surface area contributed by atoms with Gasteiger partial charge in [-0.3, -0.25) is 0 Å². The van der Waals surface area contributed by atoms with E-state index < -0.39 is 0 Å². The van der Waals surface area contributed by atoms with Gasteiger partial charge in [0.2, 0.25) is 0 Å². The largest absolute Gasteiger partial charge is 0.339 e. The van der Waals surface area contributed by atoms with Crippen LogP contribution in [0.2, 0.25) is 0 Å². The number of H-pyrrole nitrogens is 1. The second-order valence-corrected chi connectivity index (χ2v) is 3.32. The van der Waals surface area contributed by atoms with Crippen LogP contribution in [0.3, 0.4) is 0 Å². The highest BCUT2D eigenvalue weighted by atomic mass is 15.0. The summed E-state index contributed by atoms with van der Waals surface area (Å²) in [5.74, 6) is 0.884. The summed E-state index contributed by atoms with van der Waals surface area (Å²) >= 11 is 0. The minimum atomic E-state index is 0.156. The maximum Gasteiger partial charge on any atom is 0.180 e. The van der Waals surface area contributed by atoms with Crippen LogP contribution >= 0.6 is 0 Å². The first-order chi connectivity index (χ1) is 6.79. The lowest BCUT2D eigenvalue weighted by atomic mass is 10.2. The lowest BCUT2D eigenvalue weighted by Gasteiger charge is -2.04. The highest BCUT2D eigenvalue weighted by Crippen LogP contribution is 2.07. The summed E-state index contributed by atoms with van der Waals surface area (Å²) in [4.78, 5) is 15.4. The molecule has 0 amide bonds. The van der Waals surface area contributed by atoms with Gasteiger partial charge in [0.25, 0.3) is 0 Å². The molecule has 5 heteroatoms. The molecule has 0 bridgehead atoms. The standard InChI is InChI=1S/C9H13N5/c1-2-6(10)3-8-13-7-4-11-5-12-9(7)14-8/h4-6H,2-3,10H2,1H3,(H,11,12,13,14). The number of nitrogens with two attached hydrogens (primary N) is 1. The van der Waals surface area contributed by atoms with Crippen molar-refractivity contribution >= 4 is 11.2 Å². The zero-order valence-corrected chi connectivity index (χ0v) is 8.07. The molecular formula is C9H13N5. The van der Waals surface area contributed by atoms with Crippen LogP contribution in [-0.2, 0) is 6.42 Å². The summed E-state index contributed by atoms with van der Waals surface area (Å²) < 4.78 is 0. The van der Waals surface area contributed by atoms with Crippen LogP contribution in [-0.4, -0.2) is 26.0 Å². The third kappa shape index (κ3) is 1.72. The van der Waals surface area contributed by atoms with Crippen molar-refractivity contribution in [1.82, 2.24) is 19.9 Å². The van der Waals surface area contributed by atoms with Gasteiger partial charge < -0.3 is 10.7 Å². The Morgan fingerprint density at radius 2 is 2.43 bits per heavy atom. The predicted molar refractivity (Wildman–Crippen MR) is 53.7 cm³/mol. The molecule has 1 atom stereocenters. The quantitative estimate of drug-likeness (QED) is 0.745. The summed E-state index contributed by atoms with van der Waals surface area (Å²) in [6, 6.07) is 0.156. The number of hydrogen-bond donors (Lipinski definition) is 2. The van der Waals surface area contributed by atoms with E-state index in [2.05, 4.69) is 26.9 Å². The highest BCUT2D eigenvalue weighted by Gasteiger charge is 2.06. The molecule has 14 heavy (non-hydrogen) atoms. The molecule has 0 aliphatic carbocycles. The van der Waals surface area contributed by atoms with Crippen LogP contribution in [0, 0.1) is 0 Å². The Labute approximate surface area is 81.8 Å². The SMILES string of the molecule is CCC(N)Cc1nc2ncncc2[nH]1. The Hall–Kier alpha value is -1.49. The van der Waals surface area contributed by atoms with E-state index in [-0.39, 0.29) is 6.04 Å². The van der Waals surface area contributed by atoms with Gasteiger partial charge in [-0.1, -0.05) is 6.92 Å². The summed E-state index contributed by atoms with van der Waals surface area (Å²) in [6.45, 7) is 2.06. The average molecular weight is 191 g/mol. The first-order valence-electron chi connectivity index (χ1n) is 4.69. The third-order valence-electron chi connectivity index (χ3n) is 2.19. The van der Waals surface area contributed by atoms with Crippen molar-refractivity contribution in [3.8, 4) is 0 Å². The zero-order chi connectivity index (χ0) is 9.97. The number of hydrogen-bond acceptors (Lipinski definition) is 4. The molecule has 0 radical (unpaired) electrons. The Morgan fingerprint density at radius 3 is 3.14 bits per heavy atom. The van der Waals surface area contributed by atoms with Crippen LogP contribution in [0.5, 0.6) is 0 Å². The monoisotopic (exact) mass is 191 g/mol. The van der Waals surface area contributed by atoms with Crippen molar-refractivity contribution in [1.29, 1.82) is 0 Å². The smallest absolute Gasteiger partial charge is 0.180 e. The molecule has 2 heterocycles. The Bertz CT molecular complexity index is 389. The van der Waals surface area contributed by atoms with Crippen molar-refractivity contribution in [2.45, 2.75) is 25.8 Å².